The smallest absolute Gasteiger partial charge is 0.209 e. The molecule has 44 heavy (non-hydrogen) atoms. The number of quaternary nitrogens is 1. The van der Waals surface area contributed by atoms with Crippen molar-refractivity contribution in [1.29, 1.82) is 0 Å². The summed E-state index contributed by atoms with van der Waals surface area (Å²) in [6, 6.07) is 0. The van der Waals surface area contributed by atoms with Gasteiger partial charge in [0.05, 0.1) is 19.5 Å². The molecule has 0 fully saturated rings. The summed E-state index contributed by atoms with van der Waals surface area (Å²) in [5.41, 5.74) is 0. The third kappa shape index (κ3) is 21.2. The third-order valence-electron chi connectivity index (χ3n) is 10.6. The second-order valence-electron chi connectivity index (χ2n) is 14.6. The van der Waals surface area contributed by atoms with E-state index < -0.39 is 0 Å². The normalized spacial score (nSPS) is 16.5. The molecule has 0 saturated heterocycles. The molecule has 0 radical (unpaired) electrons. The molecule has 0 aromatic rings. The van der Waals surface area contributed by atoms with Crippen LogP contribution in [0.15, 0.2) is 12.4 Å². The van der Waals surface area contributed by atoms with Crippen LogP contribution in [0.5, 0.6) is 0 Å². The standard InChI is InChI=1S/C42H84N2/c1-5-9-11-13-15-17-19-21-23-25-27-29-31-33-35-37-40-44(41-38-43(8-4)42(44)7-3)39-36-34-32-30-28-26-24-22-20-18-16-14-12-10-6-2/h38,41H,5-37,39-40H2,1-4H3/q+2. The Labute approximate surface area is 279 Å². The zero-order valence-corrected chi connectivity index (χ0v) is 31.3. The average Bonchev–Trinajstić information content (AvgIpc) is 3.40. The topological polar surface area (TPSA) is 3.01 Å². The van der Waals surface area contributed by atoms with E-state index in [1.165, 1.54) is 223 Å². The maximum Gasteiger partial charge on any atom is 0.348 e. The molecule has 0 saturated carbocycles. The van der Waals surface area contributed by atoms with E-state index in [0.29, 0.717) is 0 Å². The molecule has 1 aliphatic rings. The molecule has 0 aliphatic carbocycles. The molecule has 0 amide bonds. The molecule has 260 valence electrons. The van der Waals surface area contributed by atoms with Gasteiger partial charge in [-0.05, 0) is 39.5 Å². The number of rotatable bonds is 35. The molecule has 1 rings (SSSR count). The van der Waals surface area contributed by atoms with E-state index in [1.54, 1.807) is 5.84 Å². The SMILES string of the molecule is CCCCCCCCCCCCCCCCCC[N+]1(CCCCCCCCCCCCCCCCC)C=C[N+](CC)=C1CC. The number of unbranched alkanes of at least 4 members (excludes halogenated alkanes) is 29. The molecule has 0 aromatic heterocycles. The van der Waals surface area contributed by atoms with Crippen molar-refractivity contribution in [2.24, 2.45) is 0 Å². The van der Waals surface area contributed by atoms with Gasteiger partial charge in [-0.1, -0.05) is 187 Å². The van der Waals surface area contributed by atoms with E-state index in [2.05, 4.69) is 44.7 Å². The van der Waals surface area contributed by atoms with Crippen molar-refractivity contribution >= 4 is 5.84 Å². The van der Waals surface area contributed by atoms with Crippen LogP contribution in [-0.2, 0) is 0 Å². The van der Waals surface area contributed by atoms with Crippen LogP contribution in [0.2, 0.25) is 0 Å². The van der Waals surface area contributed by atoms with Gasteiger partial charge in [-0.2, -0.15) is 4.58 Å². The van der Waals surface area contributed by atoms with Crippen LogP contribution in [0.25, 0.3) is 0 Å². The van der Waals surface area contributed by atoms with Crippen molar-refractivity contribution in [3.05, 3.63) is 12.4 Å². The summed E-state index contributed by atoms with van der Waals surface area (Å²) < 4.78 is 3.72. The van der Waals surface area contributed by atoms with Crippen molar-refractivity contribution in [2.75, 3.05) is 19.6 Å². The first-order valence-electron chi connectivity index (χ1n) is 20.9. The Kier molecular flexibility index (Phi) is 29.2. The summed E-state index contributed by atoms with van der Waals surface area (Å²) >= 11 is 0. The van der Waals surface area contributed by atoms with Crippen LogP contribution >= 0.6 is 0 Å². The van der Waals surface area contributed by atoms with Crippen molar-refractivity contribution in [1.82, 2.24) is 0 Å². The summed E-state index contributed by atoms with van der Waals surface area (Å²) in [5, 5.41) is 0. The van der Waals surface area contributed by atoms with Crippen molar-refractivity contribution in [3.8, 4) is 0 Å². The lowest BCUT2D eigenvalue weighted by Gasteiger charge is -2.29. The molecule has 1 unspecified atom stereocenters. The van der Waals surface area contributed by atoms with Gasteiger partial charge in [0.15, 0.2) is 12.7 Å². The van der Waals surface area contributed by atoms with Gasteiger partial charge in [0.1, 0.15) is 0 Å². The Balaban J connectivity index is 2.11. The van der Waals surface area contributed by atoms with Crippen LogP contribution in [0.1, 0.15) is 233 Å². The van der Waals surface area contributed by atoms with Gasteiger partial charge in [-0.25, -0.2) is 4.48 Å². The first kappa shape index (κ1) is 41.4. The molecule has 1 heterocycles. The van der Waals surface area contributed by atoms with Crippen molar-refractivity contribution < 1.29 is 9.06 Å². The zero-order chi connectivity index (χ0) is 31.8. The second-order valence-corrected chi connectivity index (χ2v) is 14.6. The van der Waals surface area contributed by atoms with E-state index in [4.69, 9.17) is 0 Å². The molecule has 0 spiro atoms. The minimum Gasteiger partial charge on any atom is -0.209 e. The van der Waals surface area contributed by atoms with Gasteiger partial charge in [0, 0.05) is 0 Å². The number of nitrogens with zero attached hydrogens (tertiary/aromatic N) is 2. The van der Waals surface area contributed by atoms with Crippen LogP contribution in [0, 0.1) is 0 Å². The Bertz CT molecular complexity index is 665. The monoisotopic (exact) mass is 617 g/mol. The van der Waals surface area contributed by atoms with Crippen molar-refractivity contribution in [2.45, 2.75) is 233 Å². The lowest BCUT2D eigenvalue weighted by atomic mass is 10.0. The Morgan fingerprint density at radius 1 is 0.386 bits per heavy atom. The van der Waals surface area contributed by atoms with Crippen LogP contribution in [0.4, 0.5) is 0 Å². The zero-order valence-electron chi connectivity index (χ0n) is 31.3. The minimum atomic E-state index is 1.12. The Hall–Kier alpha value is -0.630. The Morgan fingerprint density at radius 2 is 0.659 bits per heavy atom. The molecule has 0 N–H and O–H groups in total. The Morgan fingerprint density at radius 3 is 0.909 bits per heavy atom. The molecule has 2 heteroatoms. The van der Waals surface area contributed by atoms with Crippen LogP contribution in [0.3, 0.4) is 0 Å². The summed E-state index contributed by atoms with van der Waals surface area (Å²) in [5.74, 6) is 1.67. The largest absolute Gasteiger partial charge is 0.348 e. The molecular formula is C42H84N2+2. The highest BCUT2D eigenvalue weighted by atomic mass is 15.4. The fourth-order valence-corrected chi connectivity index (χ4v) is 7.67. The van der Waals surface area contributed by atoms with Gasteiger partial charge in [0.25, 0.3) is 0 Å². The molecule has 0 aromatic carbocycles. The number of amidine groups is 1. The fourth-order valence-electron chi connectivity index (χ4n) is 7.67. The number of hydrogen-bond donors (Lipinski definition) is 0. The lowest BCUT2D eigenvalue weighted by molar-refractivity contribution is -0.800. The lowest BCUT2D eigenvalue weighted by Crippen LogP contribution is -2.49. The second kappa shape index (κ2) is 31.0. The van der Waals surface area contributed by atoms with E-state index in [0.717, 1.165) is 6.54 Å². The van der Waals surface area contributed by atoms with Crippen molar-refractivity contribution in [3.63, 3.8) is 0 Å². The summed E-state index contributed by atoms with van der Waals surface area (Å²) in [4.78, 5) is 0. The highest BCUT2D eigenvalue weighted by molar-refractivity contribution is 5.72. The van der Waals surface area contributed by atoms with Gasteiger partial charge in [-0.3, -0.25) is 0 Å². The maximum absolute atomic E-state index is 2.57. The quantitative estimate of drug-likeness (QED) is 0.0378. The average molecular weight is 617 g/mol. The van der Waals surface area contributed by atoms with Crippen LogP contribution in [-0.4, -0.2) is 34.5 Å². The molecular weight excluding hydrogens is 532 g/mol. The first-order valence-corrected chi connectivity index (χ1v) is 20.9. The highest BCUT2D eigenvalue weighted by Gasteiger charge is 2.41. The minimum absolute atomic E-state index is 1.12. The molecule has 1 aliphatic heterocycles. The molecule has 2 nitrogen and oxygen atoms in total. The van der Waals surface area contributed by atoms with E-state index in [1.807, 2.05) is 0 Å². The third-order valence-corrected chi connectivity index (χ3v) is 10.6. The van der Waals surface area contributed by atoms with E-state index in [9.17, 15) is 0 Å². The summed E-state index contributed by atoms with van der Waals surface area (Å²) in [6.45, 7) is 13.1. The highest BCUT2D eigenvalue weighted by Crippen LogP contribution is 2.24. The van der Waals surface area contributed by atoms with E-state index >= 15 is 0 Å². The summed E-state index contributed by atoms with van der Waals surface area (Å²) in [7, 11) is 0. The van der Waals surface area contributed by atoms with Gasteiger partial charge in [-0.15, -0.1) is 0 Å². The van der Waals surface area contributed by atoms with Crippen LogP contribution < -0.4 is 0 Å². The summed E-state index contributed by atoms with van der Waals surface area (Å²) in [6.07, 6.45) is 51.2. The van der Waals surface area contributed by atoms with E-state index in [-0.39, 0.29) is 0 Å². The number of hydrogen-bond acceptors (Lipinski definition) is 0. The maximum atomic E-state index is 2.57. The predicted octanol–water partition coefficient (Wildman–Crippen LogP) is 14.3. The molecule has 1 atom stereocenters. The first-order chi connectivity index (χ1) is 21.7. The van der Waals surface area contributed by atoms with Gasteiger partial charge >= 0.3 is 5.84 Å². The fraction of sp³-hybridized carbons (Fsp3) is 0.929. The predicted molar refractivity (Wildman–Crippen MR) is 200 cm³/mol. The molecule has 0 bridgehead atoms. The van der Waals surface area contributed by atoms with Gasteiger partial charge < -0.3 is 0 Å². The van der Waals surface area contributed by atoms with Gasteiger partial charge in [0.2, 0.25) is 6.20 Å².